The van der Waals surface area contributed by atoms with Crippen LogP contribution in [0.5, 0.6) is 0 Å². The highest BCUT2D eigenvalue weighted by Gasteiger charge is 2.17. The molecule has 1 aromatic carbocycles. The molecule has 0 saturated heterocycles. The fraction of sp³-hybridized carbons (Fsp3) is 0.286. The Balaban J connectivity index is 2.18. The van der Waals surface area contributed by atoms with Gasteiger partial charge >= 0.3 is 0 Å². The number of hydrogen-bond donors (Lipinski definition) is 3. The fourth-order valence-corrected chi connectivity index (χ4v) is 3.22. The Labute approximate surface area is 136 Å². The van der Waals surface area contributed by atoms with E-state index >= 15 is 0 Å². The Morgan fingerprint density at radius 3 is 2.76 bits per heavy atom. The third-order valence-electron chi connectivity index (χ3n) is 2.64. The molecule has 21 heavy (non-hydrogen) atoms. The molecular weight excluding hydrogens is 352 g/mol. The first kappa shape index (κ1) is 15.8. The quantitative estimate of drug-likeness (QED) is 0.764. The number of rotatable bonds is 4. The summed E-state index contributed by atoms with van der Waals surface area (Å²) >= 11 is 4.68. The summed E-state index contributed by atoms with van der Waals surface area (Å²) in [5, 5.41) is 6.63. The van der Waals surface area contributed by atoms with E-state index in [1.807, 2.05) is 39.0 Å². The number of anilines is 3. The van der Waals surface area contributed by atoms with Crippen molar-refractivity contribution in [2.75, 3.05) is 16.4 Å². The van der Waals surface area contributed by atoms with E-state index in [1.165, 1.54) is 11.3 Å². The molecule has 0 aliphatic carbocycles. The molecular formula is C14H17BrN4OS. The van der Waals surface area contributed by atoms with Gasteiger partial charge in [-0.05, 0) is 54.4 Å². The zero-order chi connectivity index (χ0) is 15.6. The molecule has 0 radical (unpaired) electrons. The Bertz CT molecular complexity index is 669. The Hall–Kier alpha value is -1.60. The minimum Gasteiger partial charge on any atom is -0.382 e. The van der Waals surface area contributed by atoms with Gasteiger partial charge in [-0.1, -0.05) is 17.4 Å². The minimum atomic E-state index is -0.258. The molecule has 2 rings (SSSR count). The number of nitrogens with two attached hydrogens (primary N) is 1. The van der Waals surface area contributed by atoms with Crippen molar-refractivity contribution >= 4 is 49.8 Å². The average Bonchev–Trinajstić information content (AvgIpc) is 2.72. The van der Waals surface area contributed by atoms with Crippen LogP contribution in [0.4, 0.5) is 16.6 Å². The maximum Gasteiger partial charge on any atom is 0.269 e. The van der Waals surface area contributed by atoms with Crippen molar-refractivity contribution in [1.29, 1.82) is 0 Å². The predicted octanol–water partition coefficient (Wildman–Crippen LogP) is 3.87. The molecule has 1 heterocycles. The lowest BCUT2D eigenvalue weighted by molar-refractivity contribution is 0.103. The number of amides is 1. The highest BCUT2D eigenvalue weighted by Crippen LogP contribution is 2.28. The van der Waals surface area contributed by atoms with Crippen molar-refractivity contribution in [2.45, 2.75) is 26.8 Å². The molecule has 0 unspecified atom stereocenters. The lowest BCUT2D eigenvalue weighted by atomic mass is 10.2. The van der Waals surface area contributed by atoms with Crippen LogP contribution < -0.4 is 16.4 Å². The monoisotopic (exact) mass is 368 g/mol. The van der Waals surface area contributed by atoms with E-state index in [9.17, 15) is 4.79 Å². The van der Waals surface area contributed by atoms with Crippen LogP contribution in [-0.4, -0.2) is 16.9 Å². The van der Waals surface area contributed by atoms with Gasteiger partial charge in [-0.15, -0.1) is 0 Å². The first-order chi connectivity index (χ1) is 9.86. The number of nitrogen functional groups attached to an aromatic ring is 1. The summed E-state index contributed by atoms with van der Waals surface area (Å²) in [5.74, 6) is -0.0183. The van der Waals surface area contributed by atoms with Crippen LogP contribution in [0.1, 0.15) is 29.1 Å². The van der Waals surface area contributed by atoms with Crippen molar-refractivity contribution < 1.29 is 4.79 Å². The standard InChI is InChI=1S/C14H17BrN4OS/c1-7(2)17-14-19-12(16)11(21-14)13(20)18-10-5-4-8(3)6-9(10)15/h4-7H,16H2,1-3H3,(H,17,19)(H,18,20). The average molecular weight is 369 g/mol. The minimum absolute atomic E-state index is 0.234. The summed E-state index contributed by atoms with van der Waals surface area (Å²) in [4.78, 5) is 16.9. The fourth-order valence-electron chi connectivity index (χ4n) is 1.70. The lowest BCUT2D eigenvalue weighted by Crippen LogP contribution is -2.12. The van der Waals surface area contributed by atoms with Gasteiger partial charge in [0.25, 0.3) is 5.91 Å². The molecule has 0 aliphatic rings. The van der Waals surface area contributed by atoms with Crippen LogP contribution in [0, 0.1) is 6.92 Å². The molecule has 0 bridgehead atoms. The summed E-state index contributed by atoms with van der Waals surface area (Å²) in [6, 6.07) is 5.96. The number of halogens is 1. The zero-order valence-corrected chi connectivity index (χ0v) is 14.4. The largest absolute Gasteiger partial charge is 0.382 e. The lowest BCUT2D eigenvalue weighted by Gasteiger charge is -2.07. The van der Waals surface area contributed by atoms with Gasteiger partial charge < -0.3 is 16.4 Å². The van der Waals surface area contributed by atoms with E-state index < -0.39 is 0 Å². The second kappa shape index (κ2) is 6.44. The molecule has 0 fully saturated rings. The van der Waals surface area contributed by atoms with E-state index in [1.54, 1.807) is 0 Å². The number of nitrogens with one attached hydrogen (secondary N) is 2. The number of thiazole rings is 1. The van der Waals surface area contributed by atoms with Gasteiger partial charge in [0.1, 0.15) is 10.7 Å². The first-order valence-electron chi connectivity index (χ1n) is 6.47. The van der Waals surface area contributed by atoms with Gasteiger partial charge in [0.05, 0.1) is 5.69 Å². The highest BCUT2D eigenvalue weighted by molar-refractivity contribution is 9.10. The Kier molecular flexibility index (Phi) is 4.84. The second-order valence-electron chi connectivity index (χ2n) is 4.97. The molecule has 112 valence electrons. The molecule has 5 nitrogen and oxygen atoms in total. The maximum atomic E-state index is 12.3. The zero-order valence-electron chi connectivity index (χ0n) is 12.0. The van der Waals surface area contributed by atoms with E-state index in [0.717, 1.165) is 10.0 Å². The molecule has 0 saturated carbocycles. The highest BCUT2D eigenvalue weighted by atomic mass is 79.9. The number of benzene rings is 1. The molecule has 7 heteroatoms. The van der Waals surface area contributed by atoms with E-state index in [-0.39, 0.29) is 17.8 Å². The van der Waals surface area contributed by atoms with Gasteiger partial charge in [0, 0.05) is 10.5 Å². The molecule has 2 aromatic rings. The van der Waals surface area contributed by atoms with Gasteiger partial charge in [0.15, 0.2) is 5.13 Å². The van der Waals surface area contributed by atoms with E-state index in [2.05, 4.69) is 31.5 Å². The predicted molar refractivity (Wildman–Crippen MR) is 92.1 cm³/mol. The topological polar surface area (TPSA) is 80.0 Å². The van der Waals surface area contributed by atoms with Gasteiger partial charge in [0.2, 0.25) is 0 Å². The summed E-state index contributed by atoms with van der Waals surface area (Å²) in [7, 11) is 0. The molecule has 4 N–H and O–H groups in total. The van der Waals surface area contributed by atoms with Crippen molar-refractivity contribution in [3.05, 3.63) is 33.1 Å². The van der Waals surface area contributed by atoms with Crippen molar-refractivity contribution in [3.8, 4) is 0 Å². The van der Waals surface area contributed by atoms with E-state index in [4.69, 9.17) is 5.73 Å². The number of nitrogens with zero attached hydrogens (tertiary/aromatic N) is 1. The number of aromatic nitrogens is 1. The number of carbonyl (C=O) groups is 1. The molecule has 0 aliphatic heterocycles. The first-order valence-corrected chi connectivity index (χ1v) is 8.08. The third kappa shape index (κ3) is 3.95. The summed E-state index contributed by atoms with van der Waals surface area (Å²) in [6.45, 7) is 5.99. The molecule has 1 amide bonds. The van der Waals surface area contributed by atoms with Crippen LogP contribution in [0.3, 0.4) is 0 Å². The summed E-state index contributed by atoms with van der Waals surface area (Å²) in [6.07, 6.45) is 0. The van der Waals surface area contributed by atoms with Crippen LogP contribution in [0.25, 0.3) is 0 Å². The van der Waals surface area contributed by atoms with Crippen LogP contribution in [0.2, 0.25) is 0 Å². The number of aryl methyl sites for hydroxylation is 1. The second-order valence-corrected chi connectivity index (χ2v) is 6.82. The van der Waals surface area contributed by atoms with Crippen LogP contribution in [0.15, 0.2) is 22.7 Å². The third-order valence-corrected chi connectivity index (χ3v) is 4.30. The Morgan fingerprint density at radius 2 is 2.14 bits per heavy atom. The van der Waals surface area contributed by atoms with E-state index in [0.29, 0.717) is 15.7 Å². The number of carbonyl (C=O) groups excluding carboxylic acids is 1. The SMILES string of the molecule is Cc1ccc(NC(=O)c2sc(NC(C)C)nc2N)c(Br)c1. The summed E-state index contributed by atoms with van der Waals surface area (Å²) < 4.78 is 0.833. The van der Waals surface area contributed by atoms with Crippen molar-refractivity contribution in [2.24, 2.45) is 0 Å². The molecule has 0 atom stereocenters. The normalized spacial score (nSPS) is 10.7. The van der Waals surface area contributed by atoms with Crippen LogP contribution >= 0.6 is 27.3 Å². The smallest absolute Gasteiger partial charge is 0.269 e. The van der Waals surface area contributed by atoms with Gasteiger partial charge in [-0.3, -0.25) is 4.79 Å². The Morgan fingerprint density at radius 1 is 1.43 bits per heavy atom. The molecule has 0 spiro atoms. The maximum absolute atomic E-state index is 12.3. The molecule has 1 aromatic heterocycles. The van der Waals surface area contributed by atoms with Crippen molar-refractivity contribution in [3.63, 3.8) is 0 Å². The van der Waals surface area contributed by atoms with Crippen molar-refractivity contribution in [1.82, 2.24) is 4.98 Å². The number of hydrogen-bond acceptors (Lipinski definition) is 5. The summed E-state index contributed by atoms with van der Waals surface area (Å²) in [5.41, 5.74) is 7.64. The van der Waals surface area contributed by atoms with Crippen LogP contribution in [-0.2, 0) is 0 Å². The van der Waals surface area contributed by atoms with Gasteiger partial charge in [-0.25, -0.2) is 4.98 Å². The van der Waals surface area contributed by atoms with Gasteiger partial charge in [-0.2, -0.15) is 0 Å².